The van der Waals surface area contributed by atoms with Crippen LogP contribution in [0.25, 0.3) is 5.69 Å². The van der Waals surface area contributed by atoms with Gasteiger partial charge in [0.15, 0.2) is 0 Å². The molecule has 2 aromatic carbocycles. The maximum atomic E-state index is 12.9. The Bertz CT molecular complexity index is 993. The number of hydrogen-bond acceptors (Lipinski definition) is 3. The molecule has 0 fully saturated rings. The molecule has 2 heterocycles. The van der Waals surface area contributed by atoms with Crippen LogP contribution in [0, 0.1) is 13.8 Å². The molecule has 1 aliphatic heterocycles. The van der Waals surface area contributed by atoms with Crippen molar-refractivity contribution in [2.24, 2.45) is 0 Å². The zero-order valence-corrected chi connectivity index (χ0v) is 16.6. The first-order valence-electron chi connectivity index (χ1n) is 9.80. The average Bonchev–Trinajstić information content (AvgIpc) is 2.99. The maximum absolute atomic E-state index is 12.9. The predicted octanol–water partition coefficient (Wildman–Crippen LogP) is 4.27. The van der Waals surface area contributed by atoms with Gasteiger partial charge >= 0.3 is 0 Å². The molecule has 0 bridgehead atoms. The van der Waals surface area contributed by atoms with Gasteiger partial charge < -0.3 is 10.2 Å². The molecule has 1 atom stereocenters. The summed E-state index contributed by atoms with van der Waals surface area (Å²) in [7, 11) is 0. The smallest absolute Gasteiger partial charge is 0.244 e. The number of anilines is 2. The molecular formula is C23H26N4O. The largest absolute Gasteiger partial charge is 0.359 e. The number of aromatic nitrogens is 2. The normalized spacial score (nSPS) is 16.0. The molecule has 4 rings (SSSR count). The van der Waals surface area contributed by atoms with Crippen LogP contribution in [0.1, 0.15) is 30.3 Å². The van der Waals surface area contributed by atoms with Crippen molar-refractivity contribution in [2.75, 3.05) is 16.8 Å². The van der Waals surface area contributed by atoms with E-state index in [2.05, 4.69) is 40.4 Å². The lowest BCUT2D eigenvalue weighted by atomic mass is 9.96. The van der Waals surface area contributed by atoms with Crippen molar-refractivity contribution in [1.82, 2.24) is 9.78 Å². The number of nitrogens with one attached hydrogen (secondary N) is 1. The Kier molecular flexibility index (Phi) is 4.90. The number of carbonyl (C=O) groups excluding carboxylic acids is 1. The van der Waals surface area contributed by atoms with Crippen LogP contribution in [0.3, 0.4) is 0 Å². The summed E-state index contributed by atoms with van der Waals surface area (Å²) in [5.74, 6) is -0.0117. The van der Waals surface area contributed by atoms with Crippen molar-refractivity contribution >= 4 is 17.3 Å². The average molecular weight is 374 g/mol. The second-order valence-corrected chi connectivity index (χ2v) is 7.49. The second kappa shape index (κ2) is 7.50. The van der Waals surface area contributed by atoms with Crippen LogP contribution in [0.2, 0.25) is 0 Å². The Morgan fingerprint density at radius 2 is 1.82 bits per heavy atom. The molecule has 3 aromatic rings. The molecule has 1 amide bonds. The fourth-order valence-corrected chi connectivity index (χ4v) is 3.98. The van der Waals surface area contributed by atoms with E-state index >= 15 is 0 Å². The van der Waals surface area contributed by atoms with Gasteiger partial charge in [0.25, 0.3) is 0 Å². The number of nitrogens with zero attached hydrogens (tertiary/aromatic N) is 3. The molecule has 0 spiro atoms. The Labute approximate surface area is 166 Å². The number of benzene rings is 2. The van der Waals surface area contributed by atoms with Gasteiger partial charge in [-0.15, -0.1) is 0 Å². The van der Waals surface area contributed by atoms with E-state index < -0.39 is 0 Å². The summed E-state index contributed by atoms with van der Waals surface area (Å²) in [5.41, 5.74) is 6.03. The third kappa shape index (κ3) is 3.40. The van der Waals surface area contributed by atoms with Crippen LogP contribution in [0.15, 0.2) is 54.6 Å². The van der Waals surface area contributed by atoms with E-state index in [0.29, 0.717) is 12.6 Å². The minimum absolute atomic E-state index is 0.0117. The van der Waals surface area contributed by atoms with Crippen molar-refractivity contribution in [1.29, 1.82) is 0 Å². The number of amides is 1. The van der Waals surface area contributed by atoms with Gasteiger partial charge in [0.1, 0.15) is 0 Å². The van der Waals surface area contributed by atoms with Crippen molar-refractivity contribution in [3.8, 4) is 5.69 Å². The van der Waals surface area contributed by atoms with E-state index in [1.807, 2.05) is 54.9 Å². The Hall–Kier alpha value is -3.08. The topological polar surface area (TPSA) is 50.2 Å². The molecule has 1 aromatic heterocycles. The van der Waals surface area contributed by atoms with Crippen molar-refractivity contribution in [2.45, 2.75) is 39.7 Å². The number of carbonyl (C=O) groups is 1. The molecule has 0 radical (unpaired) electrons. The van der Waals surface area contributed by atoms with Crippen molar-refractivity contribution in [3.05, 3.63) is 71.5 Å². The van der Waals surface area contributed by atoms with Gasteiger partial charge in [0.2, 0.25) is 5.91 Å². The highest BCUT2D eigenvalue weighted by Crippen LogP contribution is 2.30. The van der Waals surface area contributed by atoms with E-state index in [-0.39, 0.29) is 5.91 Å². The van der Waals surface area contributed by atoms with Crippen LogP contribution in [-0.2, 0) is 11.2 Å². The molecule has 144 valence electrons. The van der Waals surface area contributed by atoms with Gasteiger partial charge in [0, 0.05) is 11.7 Å². The van der Waals surface area contributed by atoms with E-state index in [0.717, 1.165) is 35.6 Å². The maximum Gasteiger partial charge on any atom is 0.244 e. The lowest BCUT2D eigenvalue weighted by Gasteiger charge is -2.36. The van der Waals surface area contributed by atoms with Gasteiger partial charge in [-0.2, -0.15) is 5.10 Å². The molecule has 1 N–H and O–H groups in total. The van der Waals surface area contributed by atoms with E-state index in [4.69, 9.17) is 0 Å². The van der Waals surface area contributed by atoms with Gasteiger partial charge in [0.05, 0.1) is 29.3 Å². The Morgan fingerprint density at radius 3 is 2.61 bits per heavy atom. The van der Waals surface area contributed by atoms with Crippen LogP contribution in [-0.4, -0.2) is 28.3 Å². The number of para-hydroxylation sites is 2. The van der Waals surface area contributed by atoms with Gasteiger partial charge in [-0.3, -0.25) is 4.79 Å². The second-order valence-electron chi connectivity index (χ2n) is 7.49. The van der Waals surface area contributed by atoms with Gasteiger partial charge in [-0.25, -0.2) is 4.68 Å². The monoisotopic (exact) mass is 374 g/mol. The third-order valence-corrected chi connectivity index (χ3v) is 5.54. The number of fused-ring (bicyclic) bond motifs is 1. The standard InChI is InChI=1S/C23H26N4O/c1-16-13-14-19-9-7-8-12-21(19)26(16)15-22(28)24-23-17(2)25-27(18(23)3)20-10-5-4-6-11-20/h4-12,16H,13-15H2,1-3H3,(H,24,28)/t16-/m1/s1. The van der Waals surface area contributed by atoms with E-state index in [1.165, 1.54) is 11.3 Å². The predicted molar refractivity (Wildman–Crippen MR) is 113 cm³/mol. The summed E-state index contributed by atoms with van der Waals surface area (Å²) in [4.78, 5) is 15.1. The highest BCUT2D eigenvalue weighted by molar-refractivity contribution is 5.95. The highest BCUT2D eigenvalue weighted by atomic mass is 16.2. The summed E-state index contributed by atoms with van der Waals surface area (Å²) in [6.45, 7) is 6.45. The molecule has 0 saturated heterocycles. The first kappa shape index (κ1) is 18.3. The third-order valence-electron chi connectivity index (χ3n) is 5.54. The number of rotatable bonds is 4. The van der Waals surface area contributed by atoms with Gasteiger partial charge in [-0.1, -0.05) is 36.4 Å². The SMILES string of the molecule is Cc1nn(-c2ccccc2)c(C)c1NC(=O)CN1c2ccccc2CC[C@H]1C. The zero-order chi connectivity index (χ0) is 19.7. The van der Waals surface area contributed by atoms with Crippen LogP contribution in [0.4, 0.5) is 11.4 Å². The minimum Gasteiger partial charge on any atom is -0.359 e. The summed E-state index contributed by atoms with van der Waals surface area (Å²) < 4.78 is 1.88. The molecule has 1 aliphatic rings. The molecule has 5 nitrogen and oxygen atoms in total. The fourth-order valence-electron chi connectivity index (χ4n) is 3.98. The first-order valence-corrected chi connectivity index (χ1v) is 9.80. The number of aryl methyl sites for hydroxylation is 2. The van der Waals surface area contributed by atoms with Crippen LogP contribution >= 0.6 is 0 Å². The summed E-state index contributed by atoms with van der Waals surface area (Å²) in [5, 5.41) is 7.72. The lowest BCUT2D eigenvalue weighted by Crippen LogP contribution is -2.42. The molecule has 0 unspecified atom stereocenters. The summed E-state index contributed by atoms with van der Waals surface area (Å²) >= 11 is 0. The summed E-state index contributed by atoms with van der Waals surface area (Å²) in [6, 6.07) is 18.7. The van der Waals surface area contributed by atoms with Crippen molar-refractivity contribution in [3.63, 3.8) is 0 Å². The molecule has 5 heteroatoms. The molecular weight excluding hydrogens is 348 g/mol. The van der Waals surface area contributed by atoms with E-state index in [1.54, 1.807) is 0 Å². The Balaban J connectivity index is 1.54. The van der Waals surface area contributed by atoms with Gasteiger partial charge in [-0.05, 0) is 57.4 Å². The number of hydrogen-bond donors (Lipinski definition) is 1. The Morgan fingerprint density at radius 1 is 1.11 bits per heavy atom. The van der Waals surface area contributed by atoms with Crippen LogP contribution in [0.5, 0.6) is 0 Å². The first-order chi connectivity index (χ1) is 13.5. The van der Waals surface area contributed by atoms with E-state index in [9.17, 15) is 4.79 Å². The summed E-state index contributed by atoms with van der Waals surface area (Å²) in [6.07, 6.45) is 2.13. The lowest BCUT2D eigenvalue weighted by molar-refractivity contribution is -0.115. The molecule has 28 heavy (non-hydrogen) atoms. The molecule has 0 aliphatic carbocycles. The fraction of sp³-hybridized carbons (Fsp3) is 0.304. The van der Waals surface area contributed by atoms with Crippen molar-refractivity contribution < 1.29 is 4.79 Å². The minimum atomic E-state index is -0.0117. The zero-order valence-electron chi connectivity index (χ0n) is 16.6. The highest BCUT2D eigenvalue weighted by Gasteiger charge is 2.25. The molecule has 0 saturated carbocycles. The van der Waals surface area contributed by atoms with Crippen LogP contribution < -0.4 is 10.2 Å². The quantitative estimate of drug-likeness (QED) is 0.742.